The second-order valence-electron chi connectivity index (χ2n) is 4.00. The molecule has 0 amide bonds. The molecule has 21 heavy (non-hydrogen) atoms. The second-order valence-corrected chi connectivity index (χ2v) is 8.18. The molecular formula is C13H10Br2FNO2S2. The summed E-state index contributed by atoms with van der Waals surface area (Å²) >= 11 is 7.61. The highest BCUT2D eigenvalue weighted by Crippen LogP contribution is 2.34. The van der Waals surface area contributed by atoms with Crippen LogP contribution >= 0.6 is 43.6 Å². The lowest BCUT2D eigenvalue weighted by Gasteiger charge is -2.13. The van der Waals surface area contributed by atoms with Crippen molar-refractivity contribution in [1.82, 2.24) is 0 Å². The van der Waals surface area contributed by atoms with Gasteiger partial charge in [-0.2, -0.15) is 0 Å². The molecular weight excluding hydrogens is 445 g/mol. The summed E-state index contributed by atoms with van der Waals surface area (Å²) in [6.07, 6.45) is 1.86. The summed E-state index contributed by atoms with van der Waals surface area (Å²) in [6.45, 7) is 0. The Morgan fingerprint density at radius 3 is 2.29 bits per heavy atom. The van der Waals surface area contributed by atoms with Gasteiger partial charge in [0, 0.05) is 13.8 Å². The summed E-state index contributed by atoms with van der Waals surface area (Å²) in [6, 6.07) is 9.28. The Bertz CT molecular complexity index is 758. The molecule has 0 aliphatic rings. The minimum atomic E-state index is -3.85. The van der Waals surface area contributed by atoms with Gasteiger partial charge in [0.2, 0.25) is 0 Å². The molecule has 1 N–H and O–H groups in total. The lowest BCUT2D eigenvalue weighted by Crippen LogP contribution is -2.15. The Labute approximate surface area is 143 Å². The molecule has 0 heterocycles. The third-order valence-corrected chi connectivity index (χ3v) is 6.62. The van der Waals surface area contributed by atoms with Gasteiger partial charge in [-0.3, -0.25) is 4.72 Å². The normalized spacial score (nSPS) is 11.4. The Hall–Kier alpha value is -0.570. The first-order valence-corrected chi connectivity index (χ1v) is 9.95. The molecule has 8 heteroatoms. The highest BCUT2D eigenvalue weighted by molar-refractivity contribution is 9.11. The van der Waals surface area contributed by atoms with E-state index in [1.807, 2.05) is 18.4 Å². The first-order valence-electron chi connectivity index (χ1n) is 5.65. The minimum absolute atomic E-state index is 0.0418. The topological polar surface area (TPSA) is 46.2 Å². The molecule has 0 aliphatic heterocycles. The molecule has 112 valence electrons. The van der Waals surface area contributed by atoms with E-state index in [0.717, 1.165) is 17.0 Å². The van der Waals surface area contributed by atoms with Gasteiger partial charge in [0.1, 0.15) is 10.7 Å². The van der Waals surface area contributed by atoms with Crippen molar-refractivity contribution in [3.63, 3.8) is 0 Å². The number of para-hydroxylation sites is 1. The summed E-state index contributed by atoms with van der Waals surface area (Å²) in [5, 5.41) is 0. The number of thioether (sulfide) groups is 1. The molecule has 0 unspecified atom stereocenters. The lowest BCUT2D eigenvalue weighted by molar-refractivity contribution is 0.598. The van der Waals surface area contributed by atoms with Gasteiger partial charge in [0.25, 0.3) is 10.0 Å². The van der Waals surface area contributed by atoms with Crippen LogP contribution in [0.5, 0.6) is 0 Å². The molecule has 0 atom stereocenters. The number of rotatable bonds is 4. The molecule has 3 nitrogen and oxygen atoms in total. The van der Waals surface area contributed by atoms with Gasteiger partial charge in [-0.25, -0.2) is 12.8 Å². The monoisotopic (exact) mass is 453 g/mol. The summed E-state index contributed by atoms with van der Waals surface area (Å²) in [7, 11) is -3.85. The maximum Gasteiger partial charge on any atom is 0.264 e. The second kappa shape index (κ2) is 6.68. The smallest absolute Gasteiger partial charge is 0.264 e. The molecule has 0 radical (unpaired) electrons. The van der Waals surface area contributed by atoms with Crippen LogP contribution in [0.1, 0.15) is 0 Å². The van der Waals surface area contributed by atoms with Crippen molar-refractivity contribution in [1.29, 1.82) is 0 Å². The molecule has 0 saturated carbocycles. The van der Waals surface area contributed by atoms with Crippen LogP contribution in [-0.4, -0.2) is 14.7 Å². The van der Waals surface area contributed by atoms with Crippen LogP contribution in [0.25, 0.3) is 0 Å². The number of benzene rings is 2. The van der Waals surface area contributed by atoms with Crippen molar-refractivity contribution in [2.75, 3.05) is 11.0 Å². The molecule has 0 bridgehead atoms. The van der Waals surface area contributed by atoms with Crippen LogP contribution in [0.2, 0.25) is 0 Å². The van der Waals surface area contributed by atoms with Crippen LogP contribution in [0.15, 0.2) is 55.1 Å². The van der Waals surface area contributed by atoms with Gasteiger partial charge in [-0.15, -0.1) is 11.8 Å². The predicted molar refractivity (Wildman–Crippen MR) is 90.8 cm³/mol. The van der Waals surface area contributed by atoms with Crippen molar-refractivity contribution in [2.45, 2.75) is 9.79 Å². The van der Waals surface area contributed by atoms with E-state index in [1.165, 1.54) is 11.8 Å². The number of sulfonamides is 1. The predicted octanol–water partition coefficient (Wildman–Crippen LogP) is 4.87. The van der Waals surface area contributed by atoms with E-state index >= 15 is 0 Å². The van der Waals surface area contributed by atoms with Gasteiger partial charge >= 0.3 is 0 Å². The summed E-state index contributed by atoms with van der Waals surface area (Å²) in [4.78, 5) is 0.759. The highest BCUT2D eigenvalue weighted by Gasteiger charge is 2.23. The fourth-order valence-corrected chi connectivity index (χ4v) is 5.94. The molecule has 0 saturated heterocycles. The zero-order valence-corrected chi connectivity index (χ0v) is 15.5. The molecule has 0 aromatic heterocycles. The average molecular weight is 455 g/mol. The fraction of sp³-hybridized carbons (Fsp3) is 0.0769. The first-order chi connectivity index (χ1) is 9.85. The molecule has 2 aromatic carbocycles. The van der Waals surface area contributed by atoms with E-state index in [1.54, 1.807) is 12.1 Å². The number of hydrogen-bond donors (Lipinski definition) is 1. The molecule has 0 fully saturated rings. The Kier molecular flexibility index (Phi) is 5.34. The summed E-state index contributed by atoms with van der Waals surface area (Å²) in [5.41, 5.74) is 0.480. The van der Waals surface area contributed by atoms with Gasteiger partial charge in [0.05, 0.1) is 5.69 Å². The zero-order valence-electron chi connectivity index (χ0n) is 10.7. The first kappa shape index (κ1) is 16.8. The molecule has 0 spiro atoms. The Morgan fingerprint density at radius 1 is 1.14 bits per heavy atom. The fourth-order valence-electron chi connectivity index (χ4n) is 1.71. The van der Waals surface area contributed by atoms with E-state index in [2.05, 4.69) is 36.6 Å². The van der Waals surface area contributed by atoms with Crippen molar-refractivity contribution in [2.24, 2.45) is 0 Å². The third-order valence-electron chi connectivity index (χ3n) is 2.58. The van der Waals surface area contributed by atoms with Gasteiger partial charge < -0.3 is 0 Å². The highest BCUT2D eigenvalue weighted by atomic mass is 79.9. The standard InChI is InChI=1S/C13H10Br2FNO2S2/c1-20-12-5-3-2-4-11(12)17-21(18,19)13-9(14)6-8(16)7-10(13)15/h2-7,17H,1H3. The summed E-state index contributed by atoms with van der Waals surface area (Å²) < 4.78 is 41.1. The molecule has 2 rings (SSSR count). The minimum Gasteiger partial charge on any atom is -0.278 e. The van der Waals surface area contributed by atoms with E-state index < -0.39 is 15.8 Å². The van der Waals surface area contributed by atoms with Crippen LogP contribution in [0.4, 0.5) is 10.1 Å². The molecule has 2 aromatic rings. The van der Waals surface area contributed by atoms with Crippen molar-refractivity contribution >= 4 is 59.3 Å². The number of hydrogen-bond acceptors (Lipinski definition) is 3. The van der Waals surface area contributed by atoms with Crippen LogP contribution < -0.4 is 4.72 Å². The van der Waals surface area contributed by atoms with Crippen LogP contribution in [-0.2, 0) is 10.0 Å². The van der Waals surface area contributed by atoms with E-state index in [9.17, 15) is 12.8 Å². The van der Waals surface area contributed by atoms with Crippen molar-refractivity contribution in [3.05, 3.63) is 51.2 Å². The van der Waals surface area contributed by atoms with E-state index in [0.29, 0.717) is 5.69 Å². The van der Waals surface area contributed by atoms with Crippen molar-refractivity contribution in [3.8, 4) is 0 Å². The maximum absolute atomic E-state index is 13.3. The van der Waals surface area contributed by atoms with E-state index in [-0.39, 0.29) is 13.8 Å². The van der Waals surface area contributed by atoms with Gasteiger partial charge in [-0.1, -0.05) is 12.1 Å². The average Bonchev–Trinajstić information content (AvgIpc) is 2.37. The van der Waals surface area contributed by atoms with Crippen LogP contribution in [0, 0.1) is 5.82 Å². The van der Waals surface area contributed by atoms with E-state index in [4.69, 9.17) is 0 Å². The summed E-state index contributed by atoms with van der Waals surface area (Å²) in [5.74, 6) is -0.530. The van der Waals surface area contributed by atoms with Gasteiger partial charge in [-0.05, 0) is 62.4 Å². The lowest BCUT2D eigenvalue weighted by atomic mass is 10.3. The number of anilines is 1. The zero-order chi connectivity index (χ0) is 15.6. The van der Waals surface area contributed by atoms with Gasteiger partial charge in [0.15, 0.2) is 0 Å². The third kappa shape index (κ3) is 3.80. The Morgan fingerprint density at radius 2 is 1.71 bits per heavy atom. The number of halogens is 3. The Balaban J connectivity index is 2.49. The maximum atomic E-state index is 13.3. The largest absolute Gasteiger partial charge is 0.278 e. The van der Waals surface area contributed by atoms with Crippen molar-refractivity contribution < 1.29 is 12.8 Å². The number of nitrogens with one attached hydrogen (secondary N) is 1. The molecule has 0 aliphatic carbocycles. The van der Waals surface area contributed by atoms with Crippen LogP contribution in [0.3, 0.4) is 0 Å². The SMILES string of the molecule is CSc1ccccc1NS(=O)(=O)c1c(Br)cc(F)cc1Br. The quantitative estimate of drug-likeness (QED) is 0.670.